The fraction of sp³-hybridized carbons (Fsp3) is 0.429. The molecule has 0 amide bonds. The van der Waals surface area contributed by atoms with Gasteiger partial charge in [0.1, 0.15) is 5.15 Å². The molecule has 0 spiro atoms. The summed E-state index contributed by atoms with van der Waals surface area (Å²) in [5.74, 6) is 0.353. The third-order valence-corrected chi connectivity index (χ3v) is 8.87. The predicted molar refractivity (Wildman–Crippen MR) is 131 cm³/mol. The van der Waals surface area contributed by atoms with E-state index < -0.39 is 0 Å². The maximum atomic E-state index is 8.36. The van der Waals surface area contributed by atoms with Crippen LogP contribution in [0.2, 0.25) is 5.15 Å². The van der Waals surface area contributed by atoms with Gasteiger partial charge in [-0.15, -0.1) is 22.7 Å². The Hall–Kier alpha value is -1.19. The number of hydrogen-bond acceptors (Lipinski definition) is 6. The normalized spacial score (nSPS) is 20.4. The van der Waals surface area contributed by atoms with Crippen molar-refractivity contribution >= 4 is 72.6 Å². The van der Waals surface area contributed by atoms with Crippen molar-refractivity contribution in [2.24, 2.45) is 11.1 Å². The molecular weight excluding hydrogens is 506 g/mol. The fourth-order valence-electron chi connectivity index (χ4n) is 3.89. The van der Waals surface area contributed by atoms with E-state index in [2.05, 4.69) is 57.6 Å². The molecule has 0 saturated heterocycles. The Kier molecular flexibility index (Phi) is 7.79. The average molecular weight is 531 g/mol. The number of anilines is 1. The molecule has 3 aromatic rings. The van der Waals surface area contributed by atoms with Gasteiger partial charge >= 0.3 is 0 Å². The number of nitrogens with two attached hydrogens (primary N) is 1. The zero-order valence-electron chi connectivity index (χ0n) is 16.8. The maximum absolute atomic E-state index is 8.36. The smallest absolute Gasteiger partial charge is 0.290 e. The summed E-state index contributed by atoms with van der Waals surface area (Å²) in [7, 11) is 0. The molecule has 0 unspecified atom stereocenters. The van der Waals surface area contributed by atoms with Crippen molar-refractivity contribution in [1.29, 1.82) is 0 Å². The predicted octanol–water partition coefficient (Wildman–Crippen LogP) is 6.71. The minimum atomic E-state index is -0.250. The largest absolute Gasteiger partial charge is 0.483 e. The molecule has 3 aromatic heterocycles. The van der Waals surface area contributed by atoms with Gasteiger partial charge in [0, 0.05) is 34.3 Å². The summed E-state index contributed by atoms with van der Waals surface area (Å²) in [6, 6.07) is 6.33. The molecule has 30 heavy (non-hydrogen) atoms. The minimum Gasteiger partial charge on any atom is -0.483 e. The van der Waals surface area contributed by atoms with Gasteiger partial charge in [-0.1, -0.05) is 31.5 Å². The number of carbonyl (C=O) groups is 1. The Morgan fingerprint density at radius 2 is 2.23 bits per heavy atom. The zero-order chi connectivity index (χ0) is 21.9. The van der Waals surface area contributed by atoms with Crippen LogP contribution in [0.1, 0.15) is 48.8 Å². The summed E-state index contributed by atoms with van der Waals surface area (Å²) in [6.45, 7) is 5.22. The van der Waals surface area contributed by atoms with E-state index in [-0.39, 0.29) is 12.5 Å². The first-order valence-corrected chi connectivity index (χ1v) is 12.5. The van der Waals surface area contributed by atoms with Gasteiger partial charge in [-0.2, -0.15) is 0 Å². The van der Waals surface area contributed by atoms with E-state index in [4.69, 9.17) is 27.2 Å². The number of rotatable bonds is 4. The number of nitrogens with one attached hydrogen (secondary N) is 1. The summed E-state index contributed by atoms with van der Waals surface area (Å²) >= 11 is 13.7. The molecule has 162 valence electrons. The summed E-state index contributed by atoms with van der Waals surface area (Å²) in [6.07, 6.45) is 3.35. The summed E-state index contributed by atoms with van der Waals surface area (Å²) in [5, 5.41) is 13.0. The van der Waals surface area contributed by atoms with Gasteiger partial charge < -0.3 is 16.2 Å². The monoisotopic (exact) mass is 529 g/mol. The molecule has 4 rings (SSSR count). The first-order valence-electron chi connectivity index (χ1n) is 9.64. The van der Waals surface area contributed by atoms with Gasteiger partial charge in [0.2, 0.25) is 0 Å². The second-order valence-electron chi connectivity index (χ2n) is 8.17. The highest BCUT2D eigenvalue weighted by atomic mass is 79.9. The van der Waals surface area contributed by atoms with Crippen LogP contribution in [0.4, 0.5) is 5.69 Å². The molecule has 0 aromatic carbocycles. The summed E-state index contributed by atoms with van der Waals surface area (Å²) in [5.41, 5.74) is 8.84. The number of nitrogens with zero attached hydrogens (tertiary/aromatic N) is 1. The third kappa shape index (κ3) is 5.34. The van der Waals surface area contributed by atoms with E-state index in [9.17, 15) is 0 Å². The molecule has 2 atom stereocenters. The molecule has 0 bridgehead atoms. The Morgan fingerprint density at radius 3 is 2.90 bits per heavy atom. The maximum Gasteiger partial charge on any atom is 0.290 e. The molecule has 3 heterocycles. The molecular formula is C21H25BrClN3O2S2. The average Bonchev–Trinajstić information content (AvgIpc) is 3.31. The van der Waals surface area contributed by atoms with E-state index in [1.54, 1.807) is 22.7 Å². The van der Waals surface area contributed by atoms with Crippen LogP contribution in [0.15, 0.2) is 28.1 Å². The van der Waals surface area contributed by atoms with E-state index in [0.717, 1.165) is 39.8 Å². The number of aromatic nitrogens is 1. The van der Waals surface area contributed by atoms with Crippen molar-refractivity contribution in [2.45, 2.75) is 51.6 Å². The van der Waals surface area contributed by atoms with Gasteiger partial charge in [-0.05, 0) is 52.1 Å². The number of halogens is 2. The molecule has 1 aliphatic carbocycles. The highest BCUT2D eigenvalue weighted by Gasteiger charge is 2.36. The lowest BCUT2D eigenvalue weighted by Crippen LogP contribution is -2.37. The van der Waals surface area contributed by atoms with Crippen LogP contribution in [0.3, 0.4) is 0 Å². The minimum absolute atomic E-state index is 0.195. The number of hydrogen-bond donors (Lipinski definition) is 3. The number of pyridine rings is 1. The lowest BCUT2D eigenvalue weighted by molar-refractivity contribution is -0.122. The second-order valence-corrected chi connectivity index (χ2v) is 11.4. The standard InChI is InChI=1S/C20H23BrClN3S2.CH2O2/c1-20(2)6-5-13(23)12(9-20)18-16(21)17-19(27-18)14(8-15(22)25-17)24-10-11-4-3-7-26-11;2-1-3/h3-4,7-8,12-13H,5-6,9-10,23H2,1-2H3,(H,24,25);1H,(H,2,3)/t12-,13-;/m0./s1. The number of thiophene rings is 2. The van der Waals surface area contributed by atoms with Gasteiger partial charge in [-0.3, -0.25) is 4.79 Å². The lowest BCUT2D eigenvalue weighted by atomic mass is 9.70. The van der Waals surface area contributed by atoms with Crippen molar-refractivity contribution in [3.05, 3.63) is 43.0 Å². The van der Waals surface area contributed by atoms with E-state index >= 15 is 0 Å². The van der Waals surface area contributed by atoms with E-state index in [0.29, 0.717) is 16.5 Å². The summed E-state index contributed by atoms with van der Waals surface area (Å²) < 4.78 is 2.20. The van der Waals surface area contributed by atoms with Crippen LogP contribution in [0, 0.1) is 5.41 Å². The molecule has 0 aliphatic heterocycles. The van der Waals surface area contributed by atoms with Gasteiger partial charge in [0.15, 0.2) is 0 Å². The Morgan fingerprint density at radius 1 is 1.50 bits per heavy atom. The Balaban J connectivity index is 0.000000806. The van der Waals surface area contributed by atoms with Crippen LogP contribution in [0.5, 0.6) is 0 Å². The van der Waals surface area contributed by atoms with Crippen molar-refractivity contribution in [2.75, 3.05) is 5.32 Å². The van der Waals surface area contributed by atoms with Gasteiger partial charge in [0.05, 0.1) is 20.4 Å². The van der Waals surface area contributed by atoms with E-state index in [1.165, 1.54) is 16.2 Å². The molecule has 0 radical (unpaired) electrons. The van der Waals surface area contributed by atoms with Crippen molar-refractivity contribution in [3.63, 3.8) is 0 Å². The molecule has 1 fully saturated rings. The highest BCUT2D eigenvalue weighted by Crippen LogP contribution is 2.50. The SMILES string of the molecule is CC1(C)CC[C@H](N)[C@@H](c2sc3c(NCc4cccs4)cc(Cl)nc3c2Br)C1.O=CO. The molecule has 4 N–H and O–H groups in total. The Labute approximate surface area is 197 Å². The molecule has 5 nitrogen and oxygen atoms in total. The van der Waals surface area contributed by atoms with Crippen molar-refractivity contribution in [1.82, 2.24) is 4.98 Å². The van der Waals surface area contributed by atoms with Gasteiger partial charge in [-0.25, -0.2) is 4.98 Å². The van der Waals surface area contributed by atoms with Gasteiger partial charge in [0.25, 0.3) is 6.47 Å². The topological polar surface area (TPSA) is 88.2 Å². The first-order chi connectivity index (χ1) is 14.3. The van der Waals surface area contributed by atoms with Crippen LogP contribution in [0.25, 0.3) is 10.2 Å². The number of carboxylic acid groups (broad SMARTS) is 1. The lowest BCUT2D eigenvalue weighted by Gasteiger charge is -2.39. The molecule has 9 heteroatoms. The number of fused-ring (bicyclic) bond motifs is 1. The van der Waals surface area contributed by atoms with Crippen LogP contribution in [-0.4, -0.2) is 22.6 Å². The molecule has 1 aliphatic rings. The zero-order valence-corrected chi connectivity index (χ0v) is 20.8. The van der Waals surface area contributed by atoms with Crippen molar-refractivity contribution < 1.29 is 9.90 Å². The third-order valence-electron chi connectivity index (χ3n) is 5.39. The van der Waals surface area contributed by atoms with Crippen molar-refractivity contribution in [3.8, 4) is 0 Å². The Bertz CT molecular complexity index is 1010. The summed E-state index contributed by atoms with van der Waals surface area (Å²) in [4.78, 5) is 15.6. The van der Waals surface area contributed by atoms with E-state index in [1.807, 2.05) is 6.07 Å². The quantitative estimate of drug-likeness (QED) is 0.258. The van der Waals surface area contributed by atoms with Crippen LogP contribution < -0.4 is 11.1 Å². The molecule has 1 saturated carbocycles. The fourth-order valence-corrected chi connectivity index (χ4v) is 6.98. The van der Waals surface area contributed by atoms with Crippen LogP contribution >= 0.6 is 50.2 Å². The second kappa shape index (κ2) is 9.96. The highest BCUT2D eigenvalue weighted by molar-refractivity contribution is 9.10. The van der Waals surface area contributed by atoms with Crippen LogP contribution in [-0.2, 0) is 11.3 Å². The first kappa shape index (κ1) is 23.5.